The van der Waals surface area contributed by atoms with Crippen LogP contribution in [-0.2, 0) is 9.59 Å². The molecule has 8 heteroatoms. The van der Waals surface area contributed by atoms with Crippen LogP contribution >= 0.6 is 24.8 Å². The minimum atomic E-state index is -0.762. The zero-order chi connectivity index (χ0) is 16.2. The van der Waals surface area contributed by atoms with Crippen LogP contribution in [-0.4, -0.2) is 77.9 Å². The van der Waals surface area contributed by atoms with E-state index in [4.69, 9.17) is 5.73 Å². The largest absolute Gasteiger partial charge is 0.342 e. The molecule has 142 valence electrons. The second kappa shape index (κ2) is 10.4. The summed E-state index contributed by atoms with van der Waals surface area (Å²) in [7, 11) is 0. The van der Waals surface area contributed by atoms with Crippen molar-refractivity contribution in [1.29, 1.82) is 0 Å². The first-order valence-electron chi connectivity index (χ1n) is 8.52. The number of carbonyl (C=O) groups is 2. The summed E-state index contributed by atoms with van der Waals surface area (Å²) in [5.74, 6) is 0.270. The molecule has 6 nitrogen and oxygen atoms in total. The van der Waals surface area contributed by atoms with Crippen LogP contribution in [0.4, 0.5) is 0 Å². The quantitative estimate of drug-likeness (QED) is 0.772. The van der Waals surface area contributed by atoms with E-state index in [1.807, 2.05) is 23.6 Å². The van der Waals surface area contributed by atoms with Crippen molar-refractivity contribution in [3.8, 4) is 0 Å². The molecule has 1 unspecified atom stereocenters. The minimum absolute atomic E-state index is 0. The SMILES string of the molecule is CCCC(C)(N)C(=O)N1CCN(CC(=O)N2CCCC2)CC1.Cl.Cl. The van der Waals surface area contributed by atoms with Gasteiger partial charge in [-0.15, -0.1) is 24.8 Å². The Morgan fingerprint density at radius 2 is 1.50 bits per heavy atom. The van der Waals surface area contributed by atoms with Crippen molar-refractivity contribution in [3.63, 3.8) is 0 Å². The number of nitrogens with two attached hydrogens (primary N) is 1. The van der Waals surface area contributed by atoms with Gasteiger partial charge in [0.1, 0.15) is 0 Å². The molecule has 2 aliphatic rings. The number of likely N-dealkylation sites (tertiary alicyclic amines) is 1. The van der Waals surface area contributed by atoms with Crippen LogP contribution in [0.2, 0.25) is 0 Å². The van der Waals surface area contributed by atoms with Crippen LogP contribution in [0.25, 0.3) is 0 Å². The third-order valence-electron chi connectivity index (χ3n) is 4.74. The molecule has 2 fully saturated rings. The van der Waals surface area contributed by atoms with E-state index in [1.165, 1.54) is 0 Å². The van der Waals surface area contributed by atoms with Crippen LogP contribution in [0.5, 0.6) is 0 Å². The highest BCUT2D eigenvalue weighted by atomic mass is 35.5. The van der Waals surface area contributed by atoms with Crippen molar-refractivity contribution in [1.82, 2.24) is 14.7 Å². The summed E-state index contributed by atoms with van der Waals surface area (Å²) in [6.07, 6.45) is 3.86. The van der Waals surface area contributed by atoms with Crippen LogP contribution in [0.1, 0.15) is 39.5 Å². The minimum Gasteiger partial charge on any atom is -0.342 e. The summed E-state index contributed by atoms with van der Waals surface area (Å²) in [5, 5.41) is 0. The fourth-order valence-electron chi connectivity index (χ4n) is 3.35. The van der Waals surface area contributed by atoms with Crippen molar-refractivity contribution in [3.05, 3.63) is 0 Å². The van der Waals surface area contributed by atoms with Gasteiger partial charge < -0.3 is 15.5 Å². The molecule has 0 spiro atoms. The van der Waals surface area contributed by atoms with Crippen LogP contribution in [0.15, 0.2) is 0 Å². The Balaban J connectivity index is 0.00000264. The van der Waals surface area contributed by atoms with Crippen molar-refractivity contribution in [2.24, 2.45) is 5.73 Å². The number of carbonyl (C=O) groups excluding carboxylic acids is 2. The highest BCUT2D eigenvalue weighted by Gasteiger charge is 2.33. The monoisotopic (exact) mass is 382 g/mol. The summed E-state index contributed by atoms with van der Waals surface area (Å²) in [5.41, 5.74) is 5.37. The number of piperazine rings is 1. The number of hydrogen-bond donors (Lipinski definition) is 1. The molecule has 0 aromatic heterocycles. The molecule has 1 atom stereocenters. The lowest BCUT2D eigenvalue weighted by atomic mass is 9.95. The van der Waals surface area contributed by atoms with Gasteiger partial charge in [0.25, 0.3) is 0 Å². The summed E-state index contributed by atoms with van der Waals surface area (Å²) in [4.78, 5) is 30.6. The molecule has 2 N–H and O–H groups in total. The topological polar surface area (TPSA) is 69.9 Å². The van der Waals surface area contributed by atoms with Gasteiger partial charge in [0.15, 0.2) is 0 Å². The molecule has 2 rings (SSSR count). The Bertz CT molecular complexity index is 407. The summed E-state index contributed by atoms with van der Waals surface area (Å²) in [6, 6.07) is 0. The van der Waals surface area contributed by atoms with E-state index in [2.05, 4.69) is 4.90 Å². The lowest BCUT2D eigenvalue weighted by Gasteiger charge is -2.38. The highest BCUT2D eigenvalue weighted by Crippen LogP contribution is 2.15. The number of rotatable bonds is 5. The average Bonchev–Trinajstić information content (AvgIpc) is 3.01. The third-order valence-corrected chi connectivity index (χ3v) is 4.74. The molecule has 0 saturated carbocycles. The van der Waals surface area contributed by atoms with Gasteiger partial charge in [-0.05, 0) is 26.2 Å². The lowest BCUT2D eigenvalue weighted by molar-refractivity contribution is -0.139. The highest BCUT2D eigenvalue weighted by molar-refractivity contribution is 5.86. The van der Waals surface area contributed by atoms with Crippen molar-refractivity contribution in [2.45, 2.75) is 45.1 Å². The molecule has 0 aliphatic carbocycles. The first-order chi connectivity index (χ1) is 10.4. The standard InChI is InChI=1S/C16H30N4O2.2ClH/c1-3-6-16(2,17)15(22)20-11-9-18(10-12-20)13-14(21)19-7-4-5-8-19;;/h3-13,17H2,1-2H3;2*1H. The summed E-state index contributed by atoms with van der Waals surface area (Å²) in [6.45, 7) is 9.01. The van der Waals surface area contributed by atoms with Gasteiger partial charge >= 0.3 is 0 Å². The van der Waals surface area contributed by atoms with Crippen LogP contribution in [0.3, 0.4) is 0 Å². The number of halogens is 2. The Kier molecular flexibility index (Phi) is 10.2. The van der Waals surface area contributed by atoms with Gasteiger partial charge in [0.2, 0.25) is 11.8 Å². The number of nitrogens with zero attached hydrogens (tertiary/aromatic N) is 3. The van der Waals surface area contributed by atoms with Crippen molar-refractivity contribution >= 4 is 36.6 Å². The van der Waals surface area contributed by atoms with E-state index in [0.29, 0.717) is 26.1 Å². The Labute approximate surface area is 157 Å². The van der Waals surface area contributed by atoms with E-state index >= 15 is 0 Å². The lowest BCUT2D eigenvalue weighted by Crippen LogP contribution is -2.58. The maximum atomic E-state index is 12.5. The van der Waals surface area contributed by atoms with E-state index in [-0.39, 0.29) is 36.6 Å². The zero-order valence-corrected chi connectivity index (χ0v) is 16.5. The molecule has 2 amide bonds. The van der Waals surface area contributed by atoms with Gasteiger partial charge in [-0.2, -0.15) is 0 Å². The Morgan fingerprint density at radius 3 is 2.00 bits per heavy atom. The maximum absolute atomic E-state index is 12.5. The molecular formula is C16H32Cl2N4O2. The maximum Gasteiger partial charge on any atom is 0.242 e. The number of hydrogen-bond acceptors (Lipinski definition) is 4. The molecule has 0 bridgehead atoms. The Hall–Kier alpha value is -0.560. The fraction of sp³-hybridized carbons (Fsp3) is 0.875. The molecule has 0 radical (unpaired) electrons. The first kappa shape index (κ1) is 23.4. The van der Waals surface area contributed by atoms with E-state index in [0.717, 1.165) is 45.4 Å². The molecule has 0 aromatic carbocycles. The summed E-state index contributed by atoms with van der Waals surface area (Å²) < 4.78 is 0. The van der Waals surface area contributed by atoms with Crippen molar-refractivity contribution in [2.75, 3.05) is 45.8 Å². The van der Waals surface area contributed by atoms with Gasteiger partial charge in [0.05, 0.1) is 12.1 Å². The van der Waals surface area contributed by atoms with Gasteiger partial charge in [-0.25, -0.2) is 0 Å². The molecule has 2 saturated heterocycles. The first-order valence-corrected chi connectivity index (χ1v) is 8.52. The van der Waals surface area contributed by atoms with Gasteiger partial charge in [-0.3, -0.25) is 14.5 Å². The predicted octanol–water partition coefficient (Wildman–Crippen LogP) is 1.11. The van der Waals surface area contributed by atoms with E-state index in [1.54, 1.807) is 0 Å². The molecule has 2 heterocycles. The number of amides is 2. The normalized spacial score (nSPS) is 20.8. The second-order valence-electron chi connectivity index (χ2n) is 6.82. The third kappa shape index (κ3) is 6.06. The van der Waals surface area contributed by atoms with E-state index < -0.39 is 5.54 Å². The van der Waals surface area contributed by atoms with Gasteiger partial charge in [0, 0.05) is 39.3 Å². The fourth-order valence-corrected chi connectivity index (χ4v) is 3.35. The predicted molar refractivity (Wildman–Crippen MR) is 101 cm³/mol. The average molecular weight is 383 g/mol. The molecule has 2 aliphatic heterocycles. The van der Waals surface area contributed by atoms with Crippen LogP contribution in [0, 0.1) is 0 Å². The molecule has 24 heavy (non-hydrogen) atoms. The molecular weight excluding hydrogens is 351 g/mol. The van der Waals surface area contributed by atoms with Gasteiger partial charge in [-0.1, -0.05) is 13.3 Å². The summed E-state index contributed by atoms with van der Waals surface area (Å²) >= 11 is 0. The second-order valence-corrected chi connectivity index (χ2v) is 6.82. The Morgan fingerprint density at radius 1 is 0.958 bits per heavy atom. The van der Waals surface area contributed by atoms with Crippen LogP contribution < -0.4 is 5.73 Å². The van der Waals surface area contributed by atoms with Crippen molar-refractivity contribution < 1.29 is 9.59 Å². The zero-order valence-electron chi connectivity index (χ0n) is 14.8. The molecule has 0 aromatic rings. The smallest absolute Gasteiger partial charge is 0.242 e. The van der Waals surface area contributed by atoms with E-state index in [9.17, 15) is 9.59 Å².